The molecule has 1 aromatic heterocycles. The third kappa shape index (κ3) is 4.28. The molecule has 5 rings (SSSR count). The van der Waals surface area contributed by atoms with E-state index in [-0.39, 0.29) is 12.1 Å². The van der Waals surface area contributed by atoms with Crippen molar-refractivity contribution in [2.45, 2.75) is 57.0 Å². The van der Waals surface area contributed by atoms with Crippen LogP contribution in [0.1, 0.15) is 66.6 Å². The van der Waals surface area contributed by atoms with Gasteiger partial charge in [-0.05, 0) is 62.2 Å². The third-order valence-corrected chi connectivity index (χ3v) is 8.25. The van der Waals surface area contributed by atoms with Gasteiger partial charge in [-0.2, -0.15) is 0 Å². The lowest BCUT2D eigenvalue weighted by molar-refractivity contribution is 0.440. The van der Waals surface area contributed by atoms with Crippen LogP contribution in [0.5, 0.6) is 0 Å². The lowest BCUT2D eigenvalue weighted by atomic mass is 9.90. The van der Waals surface area contributed by atoms with Crippen LogP contribution in [0.3, 0.4) is 0 Å². The van der Waals surface area contributed by atoms with Gasteiger partial charge < -0.3 is 4.90 Å². The smallest absolute Gasteiger partial charge is 0.144 e. The molecule has 2 atom stereocenters. The SMILES string of the molecule is CC1C(c2nnc(C3CCCCC3)s2)N=C(c2ccc(Cl)cc2Cl)N1c1ccc(Cl)cc1. The Hall–Kier alpha value is -1.66. The van der Waals surface area contributed by atoms with Gasteiger partial charge in [0.05, 0.1) is 11.1 Å². The van der Waals surface area contributed by atoms with E-state index in [9.17, 15) is 0 Å². The van der Waals surface area contributed by atoms with Crippen LogP contribution >= 0.6 is 46.1 Å². The second kappa shape index (κ2) is 9.30. The number of benzene rings is 2. The first-order valence-electron chi connectivity index (χ1n) is 10.9. The average Bonchev–Trinajstić information content (AvgIpc) is 3.40. The Morgan fingerprint density at radius 3 is 2.28 bits per heavy atom. The van der Waals surface area contributed by atoms with E-state index >= 15 is 0 Å². The van der Waals surface area contributed by atoms with Crippen molar-refractivity contribution in [3.8, 4) is 0 Å². The van der Waals surface area contributed by atoms with E-state index in [1.54, 1.807) is 17.4 Å². The summed E-state index contributed by atoms with van der Waals surface area (Å²) in [5.41, 5.74) is 1.85. The van der Waals surface area contributed by atoms with Crippen molar-refractivity contribution < 1.29 is 0 Å². The molecular formula is C24H23Cl3N4S. The van der Waals surface area contributed by atoms with Crippen molar-refractivity contribution in [2.75, 3.05) is 4.90 Å². The highest BCUT2D eigenvalue weighted by Crippen LogP contribution is 2.41. The van der Waals surface area contributed by atoms with E-state index in [4.69, 9.17) is 39.8 Å². The quantitative estimate of drug-likeness (QED) is 0.361. The molecule has 2 aliphatic rings. The summed E-state index contributed by atoms with van der Waals surface area (Å²) in [5, 5.41) is 13.1. The van der Waals surface area contributed by atoms with Gasteiger partial charge in [0.2, 0.25) is 0 Å². The normalized spacial score (nSPS) is 21.8. The molecule has 0 bridgehead atoms. The van der Waals surface area contributed by atoms with Crippen LogP contribution in [0, 0.1) is 0 Å². The maximum Gasteiger partial charge on any atom is 0.144 e. The zero-order valence-electron chi connectivity index (χ0n) is 17.6. The summed E-state index contributed by atoms with van der Waals surface area (Å²) in [6.45, 7) is 2.17. The number of nitrogens with zero attached hydrogens (tertiary/aromatic N) is 4. The molecule has 166 valence electrons. The van der Waals surface area contributed by atoms with E-state index in [1.807, 2.05) is 36.4 Å². The van der Waals surface area contributed by atoms with E-state index in [0.717, 1.165) is 27.1 Å². The highest BCUT2D eigenvalue weighted by atomic mass is 35.5. The topological polar surface area (TPSA) is 41.4 Å². The molecule has 0 saturated heterocycles. The van der Waals surface area contributed by atoms with Gasteiger partial charge in [-0.15, -0.1) is 10.2 Å². The number of hydrogen-bond donors (Lipinski definition) is 0. The standard InChI is InChI=1S/C24H23Cl3N4S/c1-14-21(24-30-29-23(32-24)15-5-3-2-4-6-15)28-22(19-12-9-17(26)13-20(19)27)31(14)18-10-7-16(25)8-11-18/h7-15,21H,2-6H2,1H3. The summed E-state index contributed by atoms with van der Waals surface area (Å²) >= 11 is 20.6. The Kier molecular flexibility index (Phi) is 6.44. The number of halogens is 3. The van der Waals surface area contributed by atoms with Gasteiger partial charge in [0.25, 0.3) is 0 Å². The third-order valence-electron chi connectivity index (χ3n) is 6.29. The first-order valence-corrected chi connectivity index (χ1v) is 12.9. The van der Waals surface area contributed by atoms with Gasteiger partial charge in [0, 0.05) is 27.2 Å². The van der Waals surface area contributed by atoms with Crippen molar-refractivity contribution in [2.24, 2.45) is 4.99 Å². The molecular weight excluding hydrogens is 483 g/mol. The zero-order valence-corrected chi connectivity index (χ0v) is 20.7. The van der Waals surface area contributed by atoms with Gasteiger partial charge in [-0.25, -0.2) is 0 Å². The first-order chi connectivity index (χ1) is 15.5. The van der Waals surface area contributed by atoms with E-state index in [2.05, 4.69) is 22.0 Å². The van der Waals surface area contributed by atoms with Crippen molar-refractivity contribution in [3.05, 3.63) is 73.1 Å². The fraction of sp³-hybridized carbons (Fsp3) is 0.375. The van der Waals surface area contributed by atoms with Crippen LogP contribution in [-0.2, 0) is 0 Å². The largest absolute Gasteiger partial charge is 0.321 e. The molecule has 4 nitrogen and oxygen atoms in total. The minimum absolute atomic E-state index is 0.0464. The van der Waals surface area contributed by atoms with Crippen molar-refractivity contribution in [1.29, 1.82) is 0 Å². The molecule has 1 saturated carbocycles. The van der Waals surface area contributed by atoms with E-state index in [1.165, 1.54) is 32.1 Å². The maximum atomic E-state index is 6.60. The van der Waals surface area contributed by atoms with Crippen molar-refractivity contribution >= 4 is 57.7 Å². The monoisotopic (exact) mass is 504 g/mol. The van der Waals surface area contributed by atoms with Gasteiger partial charge >= 0.3 is 0 Å². The molecule has 32 heavy (non-hydrogen) atoms. The first kappa shape index (κ1) is 22.1. The molecule has 2 aromatic carbocycles. The second-order valence-corrected chi connectivity index (χ2v) is 10.7. The van der Waals surface area contributed by atoms with Crippen molar-refractivity contribution in [3.63, 3.8) is 0 Å². The number of anilines is 1. The molecule has 1 aliphatic heterocycles. The van der Waals surface area contributed by atoms with Gasteiger partial charge in [0.15, 0.2) is 0 Å². The number of rotatable bonds is 4. The summed E-state index contributed by atoms with van der Waals surface area (Å²) in [7, 11) is 0. The van der Waals surface area contributed by atoms with E-state index < -0.39 is 0 Å². The highest BCUT2D eigenvalue weighted by molar-refractivity contribution is 7.11. The minimum Gasteiger partial charge on any atom is -0.321 e. The Labute approximate surface area is 207 Å². The van der Waals surface area contributed by atoms with E-state index in [0.29, 0.717) is 21.0 Å². The maximum absolute atomic E-state index is 6.60. The zero-order chi connectivity index (χ0) is 22.2. The minimum atomic E-state index is -0.123. The molecule has 3 aromatic rings. The van der Waals surface area contributed by atoms with Crippen LogP contribution < -0.4 is 4.90 Å². The number of amidine groups is 1. The van der Waals surface area contributed by atoms with Gasteiger partial charge in [-0.3, -0.25) is 4.99 Å². The summed E-state index contributed by atoms with van der Waals surface area (Å²) in [6.07, 6.45) is 6.30. The predicted octanol–water partition coefficient (Wildman–Crippen LogP) is 7.94. The van der Waals surface area contributed by atoms with Crippen LogP contribution in [0.15, 0.2) is 47.5 Å². The van der Waals surface area contributed by atoms with Crippen LogP contribution in [0.4, 0.5) is 5.69 Å². The summed E-state index contributed by atoms with van der Waals surface area (Å²) in [5.74, 6) is 1.34. The number of hydrogen-bond acceptors (Lipinski definition) is 5. The summed E-state index contributed by atoms with van der Waals surface area (Å²) in [6, 6.07) is 13.2. The number of aromatic nitrogens is 2. The lowest BCUT2D eigenvalue weighted by Gasteiger charge is -2.27. The molecule has 0 N–H and O–H groups in total. The van der Waals surface area contributed by atoms with Crippen LogP contribution in [0.25, 0.3) is 0 Å². The molecule has 2 heterocycles. The Balaban J connectivity index is 1.54. The van der Waals surface area contributed by atoms with Crippen molar-refractivity contribution in [1.82, 2.24) is 10.2 Å². The predicted molar refractivity (Wildman–Crippen MR) is 135 cm³/mol. The Morgan fingerprint density at radius 2 is 1.56 bits per heavy atom. The van der Waals surface area contributed by atoms with Gasteiger partial charge in [0.1, 0.15) is 21.9 Å². The molecule has 0 radical (unpaired) electrons. The fourth-order valence-electron chi connectivity index (χ4n) is 4.61. The lowest BCUT2D eigenvalue weighted by Crippen LogP contribution is -2.36. The Bertz CT molecular complexity index is 1140. The second-order valence-electron chi connectivity index (χ2n) is 8.42. The molecule has 1 fully saturated rings. The molecule has 0 spiro atoms. The van der Waals surface area contributed by atoms with Crippen LogP contribution in [0.2, 0.25) is 15.1 Å². The Morgan fingerprint density at radius 1 is 0.875 bits per heavy atom. The van der Waals surface area contributed by atoms with Crippen LogP contribution in [-0.4, -0.2) is 22.1 Å². The fourth-order valence-corrected chi connectivity index (χ4v) is 6.38. The molecule has 1 aliphatic carbocycles. The van der Waals surface area contributed by atoms with Gasteiger partial charge in [-0.1, -0.05) is 65.4 Å². The summed E-state index contributed by atoms with van der Waals surface area (Å²) < 4.78 is 0. The molecule has 8 heteroatoms. The average molecular weight is 506 g/mol. The highest BCUT2D eigenvalue weighted by Gasteiger charge is 2.38. The number of aliphatic imine (C=N–C) groups is 1. The molecule has 0 amide bonds. The molecule has 2 unspecified atom stereocenters. The summed E-state index contributed by atoms with van der Waals surface area (Å²) in [4.78, 5) is 7.33.